The van der Waals surface area contributed by atoms with Gasteiger partial charge in [-0.05, 0) is 37.9 Å². The molecular weight excluding hydrogens is 224 g/mol. The maximum absolute atomic E-state index is 9.59. The summed E-state index contributed by atoms with van der Waals surface area (Å²) in [5.41, 5.74) is 1.27. The van der Waals surface area contributed by atoms with Gasteiger partial charge >= 0.3 is 0 Å². The molecule has 0 aliphatic carbocycles. The second-order valence-electron chi connectivity index (χ2n) is 5.35. The zero-order valence-electron chi connectivity index (χ0n) is 11.4. The minimum Gasteiger partial charge on any atom is -0.393 e. The number of benzene rings is 1. The normalized spacial score (nSPS) is 22.1. The van der Waals surface area contributed by atoms with Crippen LogP contribution in [0.1, 0.15) is 13.3 Å². The number of aliphatic hydroxyl groups is 1. The summed E-state index contributed by atoms with van der Waals surface area (Å²) < 4.78 is 0. The molecule has 18 heavy (non-hydrogen) atoms. The van der Waals surface area contributed by atoms with Crippen LogP contribution in [-0.2, 0) is 0 Å². The highest BCUT2D eigenvalue weighted by Crippen LogP contribution is 2.19. The lowest BCUT2D eigenvalue weighted by molar-refractivity contribution is 0.128. The molecule has 0 aromatic heterocycles. The molecule has 2 atom stereocenters. The first-order valence-corrected chi connectivity index (χ1v) is 6.83. The van der Waals surface area contributed by atoms with Crippen LogP contribution in [0.3, 0.4) is 0 Å². The Morgan fingerprint density at radius 2 is 2.11 bits per heavy atom. The molecule has 100 valence electrons. The third kappa shape index (κ3) is 3.47. The van der Waals surface area contributed by atoms with Crippen molar-refractivity contribution >= 4 is 5.69 Å². The van der Waals surface area contributed by atoms with Crippen molar-refractivity contribution < 1.29 is 5.11 Å². The topological polar surface area (TPSA) is 26.7 Å². The average Bonchev–Trinajstić information content (AvgIpc) is 2.86. The van der Waals surface area contributed by atoms with Gasteiger partial charge in [0, 0.05) is 32.4 Å². The Morgan fingerprint density at radius 1 is 1.39 bits per heavy atom. The molecule has 0 amide bonds. The molecule has 0 spiro atoms. The standard InChI is InChI=1S/C15H24N2O/c1-13(18)14-8-9-17(12-14)11-10-16(2)15-6-4-3-5-7-15/h3-7,13-14,18H,8-12H2,1-2H3. The Hall–Kier alpha value is -1.06. The molecule has 0 saturated carbocycles. The fourth-order valence-corrected chi connectivity index (χ4v) is 2.56. The summed E-state index contributed by atoms with van der Waals surface area (Å²) in [7, 11) is 2.14. The van der Waals surface area contributed by atoms with E-state index < -0.39 is 0 Å². The second kappa shape index (κ2) is 6.21. The predicted molar refractivity (Wildman–Crippen MR) is 75.9 cm³/mol. The molecule has 1 heterocycles. The van der Waals surface area contributed by atoms with Gasteiger partial charge < -0.3 is 14.9 Å². The maximum atomic E-state index is 9.59. The summed E-state index contributed by atoms with van der Waals surface area (Å²) in [5.74, 6) is 0.465. The molecule has 1 aliphatic rings. The van der Waals surface area contributed by atoms with Crippen molar-refractivity contribution in [2.24, 2.45) is 5.92 Å². The Morgan fingerprint density at radius 3 is 2.72 bits per heavy atom. The van der Waals surface area contributed by atoms with Gasteiger partial charge in [-0.25, -0.2) is 0 Å². The number of para-hydroxylation sites is 1. The largest absolute Gasteiger partial charge is 0.393 e. The monoisotopic (exact) mass is 248 g/mol. The van der Waals surface area contributed by atoms with Gasteiger partial charge in [0.25, 0.3) is 0 Å². The van der Waals surface area contributed by atoms with Gasteiger partial charge in [0.05, 0.1) is 6.10 Å². The highest BCUT2D eigenvalue weighted by atomic mass is 16.3. The van der Waals surface area contributed by atoms with Crippen LogP contribution in [0.5, 0.6) is 0 Å². The summed E-state index contributed by atoms with van der Waals surface area (Å²) >= 11 is 0. The first kappa shape index (κ1) is 13.4. The summed E-state index contributed by atoms with van der Waals surface area (Å²) in [6.07, 6.45) is 0.967. The van der Waals surface area contributed by atoms with Crippen LogP contribution in [0.2, 0.25) is 0 Å². The number of aliphatic hydroxyl groups excluding tert-OH is 1. The fourth-order valence-electron chi connectivity index (χ4n) is 2.56. The number of anilines is 1. The first-order valence-electron chi connectivity index (χ1n) is 6.83. The van der Waals surface area contributed by atoms with Crippen LogP contribution in [0.15, 0.2) is 30.3 Å². The quantitative estimate of drug-likeness (QED) is 0.861. The van der Waals surface area contributed by atoms with Crippen LogP contribution in [-0.4, -0.2) is 49.3 Å². The molecule has 1 aliphatic heterocycles. The number of likely N-dealkylation sites (N-methyl/N-ethyl adjacent to an activating group) is 1. The number of hydrogen-bond acceptors (Lipinski definition) is 3. The van der Waals surface area contributed by atoms with E-state index in [1.807, 2.05) is 13.0 Å². The van der Waals surface area contributed by atoms with E-state index in [0.717, 1.165) is 32.6 Å². The summed E-state index contributed by atoms with van der Waals surface area (Å²) in [4.78, 5) is 4.74. The Kier molecular flexibility index (Phi) is 4.61. The molecule has 1 fully saturated rings. The average molecular weight is 248 g/mol. The van der Waals surface area contributed by atoms with Crippen molar-refractivity contribution in [3.8, 4) is 0 Å². The first-order chi connectivity index (χ1) is 8.66. The van der Waals surface area contributed by atoms with Gasteiger partial charge in [0.15, 0.2) is 0 Å². The predicted octanol–water partition coefficient (Wildman–Crippen LogP) is 1.83. The summed E-state index contributed by atoms with van der Waals surface area (Å²) in [6, 6.07) is 10.5. The van der Waals surface area contributed by atoms with Crippen LogP contribution >= 0.6 is 0 Å². The Balaban J connectivity index is 1.76. The molecule has 1 aromatic rings. The minimum atomic E-state index is -0.165. The smallest absolute Gasteiger partial charge is 0.0552 e. The molecule has 1 N–H and O–H groups in total. The van der Waals surface area contributed by atoms with Crippen LogP contribution in [0.4, 0.5) is 5.69 Å². The lowest BCUT2D eigenvalue weighted by Gasteiger charge is -2.23. The van der Waals surface area contributed by atoms with Gasteiger partial charge in [-0.15, -0.1) is 0 Å². The molecule has 3 nitrogen and oxygen atoms in total. The van der Waals surface area contributed by atoms with Gasteiger partial charge in [-0.2, -0.15) is 0 Å². The van der Waals surface area contributed by atoms with Crippen molar-refractivity contribution in [2.45, 2.75) is 19.4 Å². The third-order valence-corrected chi connectivity index (χ3v) is 3.94. The fraction of sp³-hybridized carbons (Fsp3) is 0.600. The van der Waals surface area contributed by atoms with Gasteiger partial charge in [0.1, 0.15) is 0 Å². The number of hydrogen-bond donors (Lipinski definition) is 1. The third-order valence-electron chi connectivity index (χ3n) is 3.94. The highest BCUT2D eigenvalue weighted by molar-refractivity contribution is 5.44. The van der Waals surface area contributed by atoms with E-state index in [2.05, 4.69) is 41.1 Å². The number of likely N-dealkylation sites (tertiary alicyclic amines) is 1. The zero-order chi connectivity index (χ0) is 13.0. The van der Waals surface area contributed by atoms with E-state index in [1.54, 1.807) is 0 Å². The number of rotatable bonds is 5. The van der Waals surface area contributed by atoms with E-state index in [1.165, 1.54) is 5.69 Å². The molecule has 3 heteroatoms. The SMILES string of the molecule is CC(O)C1CCN(CCN(C)c2ccccc2)C1. The molecule has 0 radical (unpaired) electrons. The van der Waals surface area contributed by atoms with Crippen molar-refractivity contribution in [1.82, 2.24) is 4.90 Å². The Labute approximate surface area is 110 Å². The number of nitrogens with zero attached hydrogens (tertiary/aromatic N) is 2. The maximum Gasteiger partial charge on any atom is 0.0552 e. The molecule has 0 bridgehead atoms. The highest BCUT2D eigenvalue weighted by Gasteiger charge is 2.25. The van der Waals surface area contributed by atoms with E-state index in [4.69, 9.17) is 0 Å². The van der Waals surface area contributed by atoms with Gasteiger partial charge in [-0.1, -0.05) is 18.2 Å². The van der Waals surface area contributed by atoms with Crippen molar-refractivity contribution in [1.29, 1.82) is 0 Å². The van der Waals surface area contributed by atoms with E-state index in [-0.39, 0.29) is 6.10 Å². The van der Waals surface area contributed by atoms with E-state index in [9.17, 15) is 5.11 Å². The Bertz CT molecular complexity index is 353. The zero-order valence-corrected chi connectivity index (χ0v) is 11.4. The van der Waals surface area contributed by atoms with Crippen LogP contribution in [0, 0.1) is 5.92 Å². The molecule has 2 rings (SSSR count). The minimum absolute atomic E-state index is 0.165. The van der Waals surface area contributed by atoms with Crippen molar-refractivity contribution in [2.75, 3.05) is 38.1 Å². The van der Waals surface area contributed by atoms with E-state index >= 15 is 0 Å². The molecular formula is C15H24N2O. The van der Waals surface area contributed by atoms with Gasteiger partial charge in [0.2, 0.25) is 0 Å². The molecule has 1 aromatic carbocycles. The van der Waals surface area contributed by atoms with Crippen molar-refractivity contribution in [3.63, 3.8) is 0 Å². The lowest BCUT2D eigenvalue weighted by atomic mass is 10.0. The van der Waals surface area contributed by atoms with Crippen molar-refractivity contribution in [3.05, 3.63) is 30.3 Å². The second-order valence-corrected chi connectivity index (χ2v) is 5.35. The summed E-state index contributed by atoms with van der Waals surface area (Å²) in [6.45, 7) is 6.19. The lowest BCUT2D eigenvalue weighted by Crippen LogP contribution is -2.32. The summed E-state index contributed by atoms with van der Waals surface area (Å²) in [5, 5.41) is 9.59. The van der Waals surface area contributed by atoms with E-state index in [0.29, 0.717) is 5.92 Å². The van der Waals surface area contributed by atoms with Crippen LogP contribution in [0.25, 0.3) is 0 Å². The molecule has 2 unspecified atom stereocenters. The van der Waals surface area contributed by atoms with Gasteiger partial charge in [-0.3, -0.25) is 0 Å². The molecule has 1 saturated heterocycles. The van der Waals surface area contributed by atoms with Crippen LogP contribution < -0.4 is 4.90 Å².